The summed E-state index contributed by atoms with van der Waals surface area (Å²) in [4.78, 5) is 1.52. The zero-order valence-electron chi connectivity index (χ0n) is 10.8. The maximum atomic E-state index is 12.6. The molecule has 0 aliphatic heterocycles. The molecule has 0 spiro atoms. The SMILES string of the molecule is CCC1CCC(O)C(N(CC(F)(F)F)C2CC2)C1. The van der Waals surface area contributed by atoms with Crippen LogP contribution in [-0.2, 0) is 0 Å². The lowest BCUT2D eigenvalue weighted by Crippen LogP contribution is -2.51. The van der Waals surface area contributed by atoms with Crippen molar-refractivity contribution in [2.75, 3.05) is 6.54 Å². The van der Waals surface area contributed by atoms with Gasteiger partial charge in [0.15, 0.2) is 0 Å². The van der Waals surface area contributed by atoms with E-state index >= 15 is 0 Å². The second kappa shape index (κ2) is 5.37. The first-order valence-electron chi connectivity index (χ1n) is 6.91. The van der Waals surface area contributed by atoms with Crippen LogP contribution >= 0.6 is 0 Å². The topological polar surface area (TPSA) is 23.5 Å². The summed E-state index contributed by atoms with van der Waals surface area (Å²) in [6.07, 6.45) is 0.227. The van der Waals surface area contributed by atoms with Gasteiger partial charge in [-0.15, -0.1) is 0 Å². The maximum absolute atomic E-state index is 12.6. The molecule has 0 saturated heterocycles. The first-order valence-corrected chi connectivity index (χ1v) is 6.91. The van der Waals surface area contributed by atoms with Crippen molar-refractivity contribution < 1.29 is 18.3 Å². The molecule has 2 nitrogen and oxygen atoms in total. The fourth-order valence-electron chi connectivity index (χ4n) is 3.07. The van der Waals surface area contributed by atoms with Crippen LogP contribution in [0.5, 0.6) is 0 Å². The Balaban J connectivity index is 2.03. The highest BCUT2D eigenvalue weighted by Gasteiger charge is 2.44. The van der Waals surface area contributed by atoms with Crippen molar-refractivity contribution in [3.05, 3.63) is 0 Å². The van der Waals surface area contributed by atoms with Crippen LogP contribution in [0.4, 0.5) is 13.2 Å². The molecule has 0 aromatic heterocycles. The number of hydrogen-bond donors (Lipinski definition) is 1. The summed E-state index contributed by atoms with van der Waals surface area (Å²) in [5.41, 5.74) is 0. The molecule has 1 N–H and O–H groups in total. The van der Waals surface area contributed by atoms with Crippen molar-refractivity contribution in [2.45, 2.75) is 69.8 Å². The molecule has 106 valence electrons. The number of aliphatic hydroxyl groups is 1. The number of alkyl halides is 3. The third kappa shape index (κ3) is 3.60. The van der Waals surface area contributed by atoms with Crippen LogP contribution in [0.3, 0.4) is 0 Å². The highest BCUT2D eigenvalue weighted by Crippen LogP contribution is 2.38. The molecule has 0 heterocycles. The van der Waals surface area contributed by atoms with Gasteiger partial charge in [0, 0.05) is 12.1 Å². The van der Waals surface area contributed by atoms with Gasteiger partial charge in [-0.05, 0) is 38.0 Å². The van der Waals surface area contributed by atoms with E-state index in [4.69, 9.17) is 0 Å². The van der Waals surface area contributed by atoms with Crippen LogP contribution in [0.2, 0.25) is 0 Å². The lowest BCUT2D eigenvalue weighted by Gasteiger charge is -2.41. The summed E-state index contributed by atoms with van der Waals surface area (Å²) in [5, 5.41) is 10.0. The number of aliphatic hydroxyl groups excluding tert-OH is 1. The van der Waals surface area contributed by atoms with E-state index in [0.717, 1.165) is 25.7 Å². The van der Waals surface area contributed by atoms with Crippen molar-refractivity contribution in [3.63, 3.8) is 0 Å². The molecular weight excluding hydrogens is 243 g/mol. The highest BCUT2D eigenvalue weighted by atomic mass is 19.4. The summed E-state index contributed by atoms with van der Waals surface area (Å²) in [6.45, 7) is 1.21. The molecule has 3 atom stereocenters. The minimum absolute atomic E-state index is 0.0434. The maximum Gasteiger partial charge on any atom is 0.401 e. The molecule has 0 radical (unpaired) electrons. The van der Waals surface area contributed by atoms with Crippen molar-refractivity contribution >= 4 is 0 Å². The zero-order valence-corrected chi connectivity index (χ0v) is 10.8. The van der Waals surface area contributed by atoms with E-state index in [1.54, 1.807) is 0 Å². The largest absolute Gasteiger partial charge is 0.401 e. The van der Waals surface area contributed by atoms with Gasteiger partial charge in [-0.2, -0.15) is 13.2 Å². The first kappa shape index (κ1) is 14.1. The van der Waals surface area contributed by atoms with Crippen LogP contribution in [-0.4, -0.2) is 40.9 Å². The molecule has 2 saturated carbocycles. The Bertz CT molecular complexity index is 278. The summed E-state index contributed by atoms with van der Waals surface area (Å²) >= 11 is 0. The molecule has 0 aromatic carbocycles. The Morgan fingerprint density at radius 3 is 2.33 bits per heavy atom. The van der Waals surface area contributed by atoms with Crippen molar-refractivity contribution in [3.8, 4) is 0 Å². The predicted molar refractivity (Wildman–Crippen MR) is 63.2 cm³/mol. The number of hydrogen-bond acceptors (Lipinski definition) is 2. The van der Waals surface area contributed by atoms with Crippen LogP contribution < -0.4 is 0 Å². The summed E-state index contributed by atoms with van der Waals surface area (Å²) in [6, 6.07) is -0.250. The van der Waals surface area contributed by atoms with E-state index < -0.39 is 18.8 Å². The minimum Gasteiger partial charge on any atom is -0.391 e. The Morgan fingerprint density at radius 1 is 1.17 bits per heavy atom. The van der Waals surface area contributed by atoms with E-state index in [0.29, 0.717) is 18.8 Å². The molecule has 0 bridgehead atoms. The third-order valence-corrected chi connectivity index (χ3v) is 4.27. The minimum atomic E-state index is -4.17. The Kier molecular flexibility index (Phi) is 4.22. The molecule has 0 aromatic rings. The van der Waals surface area contributed by atoms with Crippen molar-refractivity contribution in [1.29, 1.82) is 0 Å². The van der Waals surface area contributed by atoms with E-state index in [9.17, 15) is 18.3 Å². The van der Waals surface area contributed by atoms with Gasteiger partial charge < -0.3 is 5.11 Å². The van der Waals surface area contributed by atoms with Gasteiger partial charge in [0.05, 0.1) is 12.6 Å². The second-order valence-corrected chi connectivity index (χ2v) is 5.74. The van der Waals surface area contributed by atoms with E-state index in [1.807, 2.05) is 0 Å². The van der Waals surface area contributed by atoms with Crippen LogP contribution in [0.25, 0.3) is 0 Å². The summed E-state index contributed by atoms with van der Waals surface area (Å²) in [7, 11) is 0. The highest BCUT2D eigenvalue weighted by molar-refractivity contribution is 4.95. The Hall–Kier alpha value is -0.290. The van der Waals surface area contributed by atoms with E-state index in [2.05, 4.69) is 6.92 Å². The summed E-state index contributed by atoms with van der Waals surface area (Å²) in [5.74, 6) is 0.466. The standard InChI is InChI=1S/C13H22F3NO/c1-2-9-3-6-12(18)11(7-9)17(10-4-5-10)8-13(14,15)16/h9-12,18H,2-8H2,1H3. The van der Waals surface area contributed by atoms with Gasteiger partial charge in [0.1, 0.15) is 0 Å². The van der Waals surface area contributed by atoms with Crippen LogP contribution in [0.15, 0.2) is 0 Å². The fourth-order valence-corrected chi connectivity index (χ4v) is 3.07. The number of rotatable bonds is 4. The Labute approximate surface area is 106 Å². The zero-order chi connectivity index (χ0) is 13.3. The van der Waals surface area contributed by atoms with E-state index in [1.165, 1.54) is 4.90 Å². The quantitative estimate of drug-likeness (QED) is 0.844. The number of halogens is 3. The van der Waals surface area contributed by atoms with E-state index in [-0.39, 0.29) is 12.1 Å². The molecule has 3 unspecified atom stereocenters. The van der Waals surface area contributed by atoms with Gasteiger partial charge in [0.2, 0.25) is 0 Å². The van der Waals surface area contributed by atoms with Crippen LogP contribution in [0, 0.1) is 5.92 Å². The van der Waals surface area contributed by atoms with Crippen molar-refractivity contribution in [1.82, 2.24) is 4.90 Å². The molecule has 2 aliphatic rings. The summed E-state index contributed by atoms with van der Waals surface area (Å²) < 4.78 is 37.9. The first-order chi connectivity index (χ1) is 8.40. The van der Waals surface area contributed by atoms with Crippen molar-refractivity contribution in [2.24, 2.45) is 5.92 Å². The van der Waals surface area contributed by atoms with Gasteiger partial charge in [-0.25, -0.2) is 0 Å². The Morgan fingerprint density at radius 2 is 1.83 bits per heavy atom. The molecule has 2 aliphatic carbocycles. The van der Waals surface area contributed by atoms with Crippen LogP contribution in [0.1, 0.15) is 45.4 Å². The molecule has 5 heteroatoms. The molecular formula is C13H22F3NO. The van der Waals surface area contributed by atoms with Gasteiger partial charge in [0.25, 0.3) is 0 Å². The third-order valence-electron chi connectivity index (χ3n) is 4.27. The fraction of sp³-hybridized carbons (Fsp3) is 1.00. The van der Waals surface area contributed by atoms with Gasteiger partial charge >= 0.3 is 6.18 Å². The molecule has 18 heavy (non-hydrogen) atoms. The monoisotopic (exact) mass is 265 g/mol. The normalized spacial score (nSPS) is 34.0. The lowest BCUT2D eigenvalue weighted by atomic mass is 9.81. The molecule has 0 amide bonds. The second-order valence-electron chi connectivity index (χ2n) is 5.74. The molecule has 2 rings (SSSR count). The molecule has 2 fully saturated rings. The predicted octanol–water partition coefficient (Wildman–Crippen LogP) is 2.95. The average molecular weight is 265 g/mol. The van der Waals surface area contributed by atoms with Gasteiger partial charge in [-0.1, -0.05) is 13.3 Å². The lowest BCUT2D eigenvalue weighted by molar-refractivity contribution is -0.160. The van der Waals surface area contributed by atoms with Gasteiger partial charge in [-0.3, -0.25) is 4.90 Å². The number of nitrogens with zero attached hydrogens (tertiary/aromatic N) is 1. The average Bonchev–Trinajstić information content (AvgIpc) is 3.09. The smallest absolute Gasteiger partial charge is 0.391 e.